The normalized spacial score (nSPS) is 12.7. The van der Waals surface area contributed by atoms with Gasteiger partial charge in [-0.15, -0.1) is 0 Å². The van der Waals surface area contributed by atoms with E-state index in [0.29, 0.717) is 19.3 Å². The van der Waals surface area contributed by atoms with Gasteiger partial charge in [0, 0.05) is 19.3 Å². The van der Waals surface area contributed by atoms with E-state index in [1.165, 1.54) is 0 Å². The van der Waals surface area contributed by atoms with Crippen molar-refractivity contribution in [2.45, 2.75) is 116 Å². The number of ether oxygens (including phenoxy) is 2. The Labute approximate surface area is 224 Å². The molecule has 0 heterocycles. The van der Waals surface area contributed by atoms with Gasteiger partial charge in [-0.05, 0) is 44.6 Å². The van der Waals surface area contributed by atoms with Crippen molar-refractivity contribution < 1.29 is 29.0 Å². The number of aliphatic hydroxyl groups is 1. The first-order valence-corrected chi connectivity index (χ1v) is 14.1. The summed E-state index contributed by atoms with van der Waals surface area (Å²) in [6.45, 7) is 3.79. The van der Waals surface area contributed by atoms with E-state index in [0.717, 1.165) is 70.6 Å². The molecule has 0 unspecified atom stereocenters. The number of ketones is 1. The summed E-state index contributed by atoms with van der Waals surface area (Å²) in [4.78, 5) is 35.3. The van der Waals surface area contributed by atoms with Gasteiger partial charge in [0.15, 0.2) is 11.9 Å². The summed E-state index contributed by atoms with van der Waals surface area (Å²) in [5.41, 5.74) is 0. The van der Waals surface area contributed by atoms with Crippen LogP contribution in [0.3, 0.4) is 0 Å². The van der Waals surface area contributed by atoms with Crippen LogP contribution >= 0.6 is 0 Å². The number of carbonyl (C=O) groups is 3. The molecular weight excluding hydrogens is 468 g/mol. The van der Waals surface area contributed by atoms with Gasteiger partial charge in [-0.25, -0.2) is 0 Å². The molecule has 0 spiro atoms. The molecule has 1 atom stereocenters. The van der Waals surface area contributed by atoms with Crippen molar-refractivity contribution in [3.63, 3.8) is 0 Å². The van der Waals surface area contributed by atoms with E-state index in [9.17, 15) is 19.5 Å². The number of hydrogen-bond acceptors (Lipinski definition) is 6. The molecule has 6 heteroatoms. The lowest BCUT2D eigenvalue weighted by Gasteiger charge is -2.15. The van der Waals surface area contributed by atoms with E-state index in [2.05, 4.69) is 32.1 Å². The monoisotopic (exact) mass is 518 g/mol. The molecule has 0 rings (SSSR count). The molecular formula is C31H50O6. The van der Waals surface area contributed by atoms with Crippen LogP contribution in [-0.4, -0.2) is 42.1 Å². The zero-order chi connectivity index (χ0) is 27.4. The third-order valence-corrected chi connectivity index (χ3v) is 5.60. The molecule has 0 aliphatic carbocycles. The summed E-state index contributed by atoms with van der Waals surface area (Å²) in [7, 11) is 0. The molecule has 0 bridgehead atoms. The van der Waals surface area contributed by atoms with Crippen LogP contribution < -0.4 is 0 Å². The van der Waals surface area contributed by atoms with Crippen molar-refractivity contribution in [2.24, 2.45) is 0 Å². The Morgan fingerprint density at radius 3 is 2.05 bits per heavy atom. The summed E-state index contributed by atoms with van der Waals surface area (Å²) in [5.74, 6) is -0.528. The van der Waals surface area contributed by atoms with Crippen LogP contribution in [0.5, 0.6) is 0 Å². The molecule has 210 valence electrons. The molecule has 0 fully saturated rings. The van der Waals surface area contributed by atoms with E-state index in [1.54, 1.807) is 12.2 Å². The highest BCUT2D eigenvalue weighted by Crippen LogP contribution is 2.08. The van der Waals surface area contributed by atoms with E-state index in [-0.39, 0.29) is 37.4 Å². The molecule has 0 radical (unpaired) electrons. The molecule has 0 amide bonds. The van der Waals surface area contributed by atoms with E-state index >= 15 is 0 Å². The zero-order valence-corrected chi connectivity index (χ0v) is 23.2. The Hall–Kier alpha value is -2.47. The minimum absolute atomic E-state index is 0.114. The Bertz CT molecular complexity index is 704. The van der Waals surface area contributed by atoms with E-state index in [1.807, 2.05) is 18.2 Å². The van der Waals surface area contributed by atoms with E-state index < -0.39 is 6.10 Å². The first kappa shape index (κ1) is 34.5. The first-order chi connectivity index (χ1) is 18.0. The third-order valence-electron chi connectivity index (χ3n) is 5.60. The number of hydrogen-bond donors (Lipinski definition) is 1. The summed E-state index contributed by atoms with van der Waals surface area (Å²) < 4.78 is 10.3. The fourth-order valence-corrected chi connectivity index (χ4v) is 3.38. The van der Waals surface area contributed by atoms with Crippen molar-refractivity contribution in [1.29, 1.82) is 0 Å². The van der Waals surface area contributed by atoms with Crippen LogP contribution in [-0.2, 0) is 23.9 Å². The second-order valence-electron chi connectivity index (χ2n) is 9.16. The average Bonchev–Trinajstić information content (AvgIpc) is 2.89. The van der Waals surface area contributed by atoms with Crippen molar-refractivity contribution in [3.05, 3.63) is 48.6 Å². The molecule has 0 saturated heterocycles. The van der Waals surface area contributed by atoms with Gasteiger partial charge in [0.05, 0.1) is 6.61 Å². The number of aliphatic hydroxyl groups excluding tert-OH is 1. The Kier molecular flexibility index (Phi) is 24.8. The summed E-state index contributed by atoms with van der Waals surface area (Å²) in [6.07, 6.45) is 27.5. The second-order valence-corrected chi connectivity index (χ2v) is 9.16. The highest BCUT2D eigenvalue weighted by Gasteiger charge is 2.15. The summed E-state index contributed by atoms with van der Waals surface area (Å²) in [6, 6.07) is 0. The predicted molar refractivity (Wildman–Crippen MR) is 150 cm³/mol. The van der Waals surface area contributed by atoms with Gasteiger partial charge in [0.25, 0.3) is 0 Å². The molecule has 0 aromatic carbocycles. The highest BCUT2D eigenvalue weighted by molar-refractivity contribution is 5.89. The third kappa shape index (κ3) is 25.0. The van der Waals surface area contributed by atoms with Gasteiger partial charge >= 0.3 is 11.9 Å². The van der Waals surface area contributed by atoms with Crippen LogP contribution in [0, 0.1) is 0 Å². The number of unbranched alkanes of at least 4 members (excludes halogenated alkanes) is 7. The fourth-order valence-electron chi connectivity index (χ4n) is 3.38. The maximum Gasteiger partial charge on any atom is 0.306 e. The van der Waals surface area contributed by atoms with Crippen LogP contribution in [0.15, 0.2) is 48.6 Å². The van der Waals surface area contributed by atoms with Gasteiger partial charge < -0.3 is 14.6 Å². The molecule has 37 heavy (non-hydrogen) atoms. The summed E-state index contributed by atoms with van der Waals surface area (Å²) >= 11 is 0. The number of rotatable bonds is 24. The van der Waals surface area contributed by atoms with Gasteiger partial charge in [-0.2, -0.15) is 0 Å². The van der Waals surface area contributed by atoms with Crippen LogP contribution in [0.4, 0.5) is 0 Å². The Balaban J connectivity index is 3.81. The number of esters is 2. The average molecular weight is 519 g/mol. The van der Waals surface area contributed by atoms with Crippen LogP contribution in [0.1, 0.15) is 110 Å². The lowest BCUT2D eigenvalue weighted by atomic mass is 10.1. The molecule has 0 aliphatic rings. The quantitative estimate of drug-likeness (QED) is 0.0481. The Morgan fingerprint density at radius 2 is 1.32 bits per heavy atom. The van der Waals surface area contributed by atoms with E-state index in [4.69, 9.17) is 9.47 Å². The number of carbonyl (C=O) groups excluding carboxylic acids is 3. The maximum absolute atomic E-state index is 11.9. The van der Waals surface area contributed by atoms with Crippen LogP contribution in [0.2, 0.25) is 0 Å². The topological polar surface area (TPSA) is 89.9 Å². The SMILES string of the molecule is CCCCCCCC(=O)O[C@@H](CO)COC(=O)CCC/C=C\C/C=C\C/C=C\C=C\C(=O)CCCCC. The number of allylic oxidation sites excluding steroid dienone is 8. The Morgan fingerprint density at radius 1 is 0.703 bits per heavy atom. The molecule has 6 nitrogen and oxygen atoms in total. The molecule has 0 saturated carbocycles. The first-order valence-electron chi connectivity index (χ1n) is 14.1. The predicted octanol–water partition coefficient (Wildman–Crippen LogP) is 7.12. The van der Waals surface area contributed by atoms with Gasteiger partial charge in [-0.1, -0.05) is 94.9 Å². The smallest absolute Gasteiger partial charge is 0.306 e. The molecule has 1 N–H and O–H groups in total. The van der Waals surface area contributed by atoms with Gasteiger partial charge in [0.2, 0.25) is 0 Å². The van der Waals surface area contributed by atoms with Gasteiger partial charge in [0.1, 0.15) is 6.61 Å². The minimum atomic E-state index is -0.803. The molecule has 0 aliphatic heterocycles. The molecule has 0 aromatic heterocycles. The van der Waals surface area contributed by atoms with Crippen molar-refractivity contribution >= 4 is 17.7 Å². The fraction of sp³-hybridized carbons (Fsp3) is 0.645. The summed E-state index contributed by atoms with van der Waals surface area (Å²) in [5, 5.41) is 9.37. The van der Waals surface area contributed by atoms with Crippen molar-refractivity contribution in [3.8, 4) is 0 Å². The zero-order valence-electron chi connectivity index (χ0n) is 23.2. The van der Waals surface area contributed by atoms with Crippen molar-refractivity contribution in [2.75, 3.05) is 13.2 Å². The highest BCUT2D eigenvalue weighted by atomic mass is 16.6. The second kappa shape index (κ2) is 26.6. The lowest BCUT2D eigenvalue weighted by molar-refractivity contribution is -0.161. The standard InChI is InChI=1S/C31H50O6/c1-3-5-7-15-21-25-31(35)37-29(26-32)27-36-30(34)24-20-17-14-12-10-8-9-11-13-16-19-23-28(33)22-18-6-4-2/h8-9,12-14,16,19,23,29,32H,3-7,10-11,15,17-18,20-22,24-27H2,1-2H3/b9-8-,14-12-,16-13-,23-19+/t29-/m0/s1. The lowest BCUT2D eigenvalue weighted by Crippen LogP contribution is -2.28. The maximum atomic E-state index is 11.9. The van der Waals surface area contributed by atoms with Crippen LogP contribution in [0.25, 0.3) is 0 Å². The molecule has 0 aromatic rings. The van der Waals surface area contributed by atoms with Gasteiger partial charge in [-0.3, -0.25) is 14.4 Å². The largest absolute Gasteiger partial charge is 0.462 e. The van der Waals surface area contributed by atoms with Crippen molar-refractivity contribution in [1.82, 2.24) is 0 Å². The minimum Gasteiger partial charge on any atom is -0.462 e.